The van der Waals surface area contributed by atoms with Crippen LogP contribution in [0.1, 0.15) is 69.7 Å². The third-order valence-electron chi connectivity index (χ3n) is 5.61. The van der Waals surface area contributed by atoms with Crippen molar-refractivity contribution in [2.24, 2.45) is 0 Å². The van der Waals surface area contributed by atoms with E-state index < -0.39 is 0 Å². The molecule has 0 radical (unpaired) electrons. The van der Waals surface area contributed by atoms with Crippen molar-refractivity contribution in [3.8, 4) is 0 Å². The van der Waals surface area contributed by atoms with Gasteiger partial charge >= 0.3 is 0 Å². The van der Waals surface area contributed by atoms with Crippen LogP contribution in [0.4, 0.5) is 0 Å². The van der Waals surface area contributed by atoms with E-state index in [2.05, 4.69) is 41.6 Å². The van der Waals surface area contributed by atoms with Crippen LogP contribution < -0.4 is 5.32 Å². The zero-order valence-corrected chi connectivity index (χ0v) is 14.4. The fourth-order valence-corrected chi connectivity index (χ4v) is 5.30. The average molecular weight is 307 g/mol. The summed E-state index contributed by atoms with van der Waals surface area (Å²) in [4.78, 5) is 4.40. The summed E-state index contributed by atoms with van der Waals surface area (Å²) in [7, 11) is 0. The van der Waals surface area contributed by atoms with Crippen molar-refractivity contribution in [1.82, 2.24) is 10.2 Å². The second kappa shape index (κ2) is 6.80. The summed E-state index contributed by atoms with van der Waals surface area (Å²) in [6.45, 7) is 7.13. The van der Waals surface area contributed by atoms with Crippen molar-refractivity contribution >= 4 is 11.3 Å². The Bertz CT molecular complexity index is 422. The van der Waals surface area contributed by atoms with Crippen LogP contribution in [0.25, 0.3) is 0 Å². The van der Waals surface area contributed by atoms with E-state index in [0.717, 1.165) is 0 Å². The van der Waals surface area contributed by atoms with Gasteiger partial charge in [0.2, 0.25) is 0 Å². The fourth-order valence-electron chi connectivity index (χ4n) is 4.37. The molecule has 1 N–H and O–H groups in total. The molecule has 1 aliphatic heterocycles. The van der Waals surface area contributed by atoms with E-state index in [1.807, 2.05) is 11.3 Å². The van der Waals surface area contributed by atoms with E-state index in [0.29, 0.717) is 17.6 Å². The number of hydrogen-bond donors (Lipinski definition) is 1. The van der Waals surface area contributed by atoms with E-state index in [-0.39, 0.29) is 0 Å². The van der Waals surface area contributed by atoms with Gasteiger partial charge in [-0.3, -0.25) is 4.90 Å². The Labute approximate surface area is 133 Å². The summed E-state index contributed by atoms with van der Waals surface area (Å²) in [5.41, 5.74) is 0.411. The van der Waals surface area contributed by atoms with Crippen molar-refractivity contribution in [2.75, 3.05) is 13.1 Å². The average Bonchev–Trinajstić information content (AvgIpc) is 3.03. The van der Waals surface area contributed by atoms with Gasteiger partial charge in [-0.15, -0.1) is 11.3 Å². The summed E-state index contributed by atoms with van der Waals surface area (Å²) < 4.78 is 0. The molecule has 2 nitrogen and oxygen atoms in total. The van der Waals surface area contributed by atoms with Crippen LogP contribution in [0.15, 0.2) is 17.5 Å². The largest absolute Gasteiger partial charge is 0.308 e. The third-order valence-corrected chi connectivity index (χ3v) is 6.58. The predicted octanol–water partition coefficient (Wildman–Crippen LogP) is 4.59. The normalized spacial score (nSPS) is 27.8. The lowest BCUT2D eigenvalue weighted by Crippen LogP contribution is -2.65. The van der Waals surface area contributed by atoms with Crippen LogP contribution >= 0.6 is 11.3 Å². The molecule has 1 aliphatic carbocycles. The molecule has 1 aromatic heterocycles. The SMILES string of the molecule is CCC1CNC2(CCCCC2)CN1C(CC)c1cccs1. The number of nitrogens with zero attached hydrogens (tertiary/aromatic N) is 1. The molecule has 2 unspecified atom stereocenters. The van der Waals surface area contributed by atoms with Gasteiger partial charge in [0.25, 0.3) is 0 Å². The predicted molar refractivity (Wildman–Crippen MR) is 92.0 cm³/mol. The first-order chi connectivity index (χ1) is 10.3. The summed E-state index contributed by atoms with van der Waals surface area (Å²) in [6.07, 6.45) is 9.49. The van der Waals surface area contributed by atoms with Crippen LogP contribution in [0.3, 0.4) is 0 Å². The molecule has 0 amide bonds. The molecule has 1 saturated carbocycles. The first kappa shape index (κ1) is 15.5. The van der Waals surface area contributed by atoms with E-state index in [4.69, 9.17) is 0 Å². The fraction of sp³-hybridized carbons (Fsp3) is 0.778. The number of nitrogens with one attached hydrogen (secondary N) is 1. The van der Waals surface area contributed by atoms with Crippen LogP contribution in [-0.4, -0.2) is 29.6 Å². The maximum absolute atomic E-state index is 3.95. The van der Waals surface area contributed by atoms with Crippen molar-refractivity contribution in [3.05, 3.63) is 22.4 Å². The molecule has 1 aromatic rings. The van der Waals surface area contributed by atoms with E-state index in [9.17, 15) is 0 Å². The Morgan fingerprint density at radius 3 is 2.76 bits per heavy atom. The Balaban J connectivity index is 1.81. The molecule has 0 aromatic carbocycles. The second-order valence-corrected chi connectivity index (χ2v) is 7.88. The van der Waals surface area contributed by atoms with Gasteiger partial charge in [-0.1, -0.05) is 39.2 Å². The molecule has 118 valence electrons. The second-order valence-electron chi connectivity index (χ2n) is 6.90. The smallest absolute Gasteiger partial charge is 0.0443 e. The van der Waals surface area contributed by atoms with Gasteiger partial charge in [-0.2, -0.15) is 0 Å². The number of hydrogen-bond acceptors (Lipinski definition) is 3. The number of piperazine rings is 1. The lowest BCUT2D eigenvalue weighted by molar-refractivity contribution is 0.0213. The zero-order chi connectivity index (χ0) is 14.7. The van der Waals surface area contributed by atoms with Crippen molar-refractivity contribution in [3.63, 3.8) is 0 Å². The first-order valence-corrected chi connectivity index (χ1v) is 9.70. The molecule has 3 heteroatoms. The molecule has 3 rings (SSSR count). The first-order valence-electron chi connectivity index (χ1n) is 8.82. The molecule has 21 heavy (non-hydrogen) atoms. The molecular weight excluding hydrogens is 276 g/mol. The van der Waals surface area contributed by atoms with Crippen molar-refractivity contribution < 1.29 is 0 Å². The summed E-state index contributed by atoms with van der Waals surface area (Å²) >= 11 is 1.93. The maximum Gasteiger partial charge on any atom is 0.0443 e. The standard InChI is InChI=1S/C18H30N2S/c1-3-15-13-19-18(10-6-5-7-11-18)14-20(15)16(4-2)17-9-8-12-21-17/h8-9,12,15-16,19H,3-7,10-11,13-14H2,1-2H3. The Morgan fingerprint density at radius 2 is 2.14 bits per heavy atom. The minimum Gasteiger partial charge on any atom is -0.308 e. The molecule has 1 saturated heterocycles. The van der Waals surface area contributed by atoms with Gasteiger partial charge in [0.1, 0.15) is 0 Å². The van der Waals surface area contributed by atoms with Gasteiger partial charge < -0.3 is 5.32 Å². The van der Waals surface area contributed by atoms with E-state index in [1.54, 1.807) is 4.88 Å². The van der Waals surface area contributed by atoms with E-state index in [1.165, 1.54) is 58.0 Å². The lowest BCUT2D eigenvalue weighted by atomic mass is 9.78. The molecule has 2 fully saturated rings. The molecule has 2 aliphatic rings. The lowest BCUT2D eigenvalue weighted by Gasteiger charge is -2.52. The molecule has 0 bridgehead atoms. The summed E-state index contributed by atoms with van der Waals surface area (Å²) in [6, 6.07) is 5.86. The highest BCUT2D eigenvalue weighted by molar-refractivity contribution is 7.10. The molecule has 2 atom stereocenters. The van der Waals surface area contributed by atoms with E-state index >= 15 is 0 Å². The van der Waals surface area contributed by atoms with Crippen LogP contribution in [0, 0.1) is 0 Å². The molecule has 2 heterocycles. The van der Waals surface area contributed by atoms with Gasteiger partial charge in [0.05, 0.1) is 0 Å². The van der Waals surface area contributed by atoms with Crippen molar-refractivity contribution in [2.45, 2.75) is 76.4 Å². The summed E-state index contributed by atoms with van der Waals surface area (Å²) in [5.74, 6) is 0. The highest BCUT2D eigenvalue weighted by Gasteiger charge is 2.41. The van der Waals surface area contributed by atoms with Crippen LogP contribution in [0.2, 0.25) is 0 Å². The quantitative estimate of drug-likeness (QED) is 0.875. The Morgan fingerprint density at radius 1 is 1.33 bits per heavy atom. The Kier molecular flexibility index (Phi) is 5.03. The van der Waals surface area contributed by atoms with Gasteiger partial charge in [0.15, 0.2) is 0 Å². The number of thiophene rings is 1. The summed E-state index contributed by atoms with van der Waals surface area (Å²) in [5, 5.41) is 6.19. The number of rotatable bonds is 4. The van der Waals surface area contributed by atoms with Gasteiger partial charge in [-0.05, 0) is 37.1 Å². The topological polar surface area (TPSA) is 15.3 Å². The van der Waals surface area contributed by atoms with Crippen LogP contribution in [-0.2, 0) is 0 Å². The Hall–Kier alpha value is -0.380. The molecule has 1 spiro atoms. The van der Waals surface area contributed by atoms with Crippen molar-refractivity contribution in [1.29, 1.82) is 0 Å². The maximum atomic E-state index is 3.95. The van der Waals surface area contributed by atoms with Gasteiger partial charge in [0, 0.05) is 35.6 Å². The highest BCUT2D eigenvalue weighted by Crippen LogP contribution is 2.38. The van der Waals surface area contributed by atoms with Crippen LogP contribution in [0.5, 0.6) is 0 Å². The molecular formula is C18H30N2S. The highest BCUT2D eigenvalue weighted by atomic mass is 32.1. The minimum atomic E-state index is 0.411. The third kappa shape index (κ3) is 3.20. The minimum absolute atomic E-state index is 0.411. The van der Waals surface area contributed by atoms with Gasteiger partial charge in [-0.25, -0.2) is 0 Å². The monoisotopic (exact) mass is 306 g/mol. The zero-order valence-electron chi connectivity index (χ0n) is 13.6.